The molecule has 2 amide bonds. The molecule has 192 valence electrons. The van der Waals surface area contributed by atoms with Gasteiger partial charge in [0, 0.05) is 76.1 Å². The first-order valence-corrected chi connectivity index (χ1v) is 12.8. The van der Waals surface area contributed by atoms with Gasteiger partial charge in [-0.15, -0.1) is 0 Å². The van der Waals surface area contributed by atoms with Crippen LogP contribution >= 0.6 is 0 Å². The zero-order valence-corrected chi connectivity index (χ0v) is 21.3. The maximum atomic E-state index is 12.6. The van der Waals surface area contributed by atoms with Crippen molar-refractivity contribution < 1.29 is 14.3 Å². The van der Waals surface area contributed by atoms with Crippen LogP contribution in [-0.2, 0) is 35.5 Å². The van der Waals surface area contributed by atoms with Gasteiger partial charge in [0.15, 0.2) is 0 Å². The van der Waals surface area contributed by atoms with Crippen LogP contribution in [0.5, 0.6) is 0 Å². The Bertz CT molecular complexity index is 1240. The zero-order chi connectivity index (χ0) is 25.2. The first-order valence-electron chi connectivity index (χ1n) is 12.8. The fraction of sp³-hybridized carbons (Fsp3) is 0.538. The van der Waals surface area contributed by atoms with Gasteiger partial charge in [-0.25, -0.2) is 9.78 Å². The lowest BCUT2D eigenvalue weighted by Gasteiger charge is -2.34. The normalized spacial score (nSPS) is 20.0. The highest BCUT2D eigenvalue weighted by atomic mass is 16.5. The maximum absolute atomic E-state index is 12.6. The predicted octanol–water partition coefficient (Wildman–Crippen LogP) is 2.59. The summed E-state index contributed by atoms with van der Waals surface area (Å²) in [5.74, 6) is 1.05. The van der Waals surface area contributed by atoms with Crippen molar-refractivity contribution >= 4 is 28.7 Å². The highest BCUT2D eigenvalue weighted by Crippen LogP contribution is 2.36. The zero-order valence-electron chi connectivity index (χ0n) is 21.3. The minimum atomic E-state index is -0.330. The molecule has 2 aromatic heterocycles. The number of aryl methyl sites for hydroxylation is 3. The van der Waals surface area contributed by atoms with Crippen molar-refractivity contribution in [3.63, 3.8) is 0 Å². The number of carbonyl (C=O) groups is 2. The SMILES string of the molecule is COC(=O)N1c2ccc3c(nc(CCn4cccn4)n3CCN3CC[C@@H](NC(C)=O)C3)c2CC[C@@H]1C. The van der Waals surface area contributed by atoms with Crippen molar-refractivity contribution in [2.75, 3.05) is 31.6 Å². The van der Waals surface area contributed by atoms with Crippen LogP contribution in [0, 0.1) is 0 Å². The van der Waals surface area contributed by atoms with E-state index in [4.69, 9.17) is 9.72 Å². The van der Waals surface area contributed by atoms with Crippen molar-refractivity contribution in [2.24, 2.45) is 0 Å². The van der Waals surface area contributed by atoms with E-state index in [-0.39, 0.29) is 24.1 Å². The van der Waals surface area contributed by atoms with E-state index in [1.807, 2.05) is 23.0 Å². The van der Waals surface area contributed by atoms with Crippen molar-refractivity contribution in [3.8, 4) is 0 Å². The number of anilines is 1. The molecule has 0 aliphatic carbocycles. The summed E-state index contributed by atoms with van der Waals surface area (Å²) in [4.78, 5) is 33.3. The summed E-state index contributed by atoms with van der Waals surface area (Å²) in [7, 11) is 1.43. The first kappa shape index (κ1) is 24.3. The summed E-state index contributed by atoms with van der Waals surface area (Å²) in [6.45, 7) is 7.93. The minimum absolute atomic E-state index is 0.0310. The molecule has 1 fully saturated rings. The van der Waals surface area contributed by atoms with Crippen LogP contribution in [0.3, 0.4) is 0 Å². The quantitative estimate of drug-likeness (QED) is 0.543. The average molecular weight is 494 g/mol. The number of rotatable bonds is 7. The number of hydrogen-bond acceptors (Lipinski definition) is 6. The number of nitrogens with one attached hydrogen (secondary N) is 1. The second kappa shape index (κ2) is 10.3. The van der Waals surface area contributed by atoms with E-state index in [0.717, 1.165) is 86.5 Å². The number of methoxy groups -OCH3 is 1. The number of imidazole rings is 1. The van der Waals surface area contributed by atoms with Gasteiger partial charge in [0.25, 0.3) is 0 Å². The Morgan fingerprint density at radius 3 is 2.81 bits per heavy atom. The number of fused-ring (bicyclic) bond motifs is 3. The molecule has 0 saturated carbocycles. The topological polar surface area (TPSA) is 97.5 Å². The largest absolute Gasteiger partial charge is 0.452 e. The third-order valence-electron chi connectivity index (χ3n) is 7.41. The van der Waals surface area contributed by atoms with Gasteiger partial charge in [-0.2, -0.15) is 5.10 Å². The van der Waals surface area contributed by atoms with Crippen LogP contribution in [0.15, 0.2) is 30.6 Å². The fourth-order valence-corrected chi connectivity index (χ4v) is 5.62. The molecule has 10 heteroatoms. The van der Waals surface area contributed by atoms with Gasteiger partial charge in [0.2, 0.25) is 5.91 Å². The molecule has 10 nitrogen and oxygen atoms in total. The van der Waals surface area contributed by atoms with Gasteiger partial charge in [0.05, 0.1) is 23.8 Å². The lowest BCUT2D eigenvalue weighted by Crippen LogP contribution is -2.42. The number of benzene rings is 1. The molecule has 0 radical (unpaired) electrons. The van der Waals surface area contributed by atoms with E-state index >= 15 is 0 Å². The molecule has 0 bridgehead atoms. The van der Waals surface area contributed by atoms with Crippen LogP contribution < -0.4 is 10.2 Å². The monoisotopic (exact) mass is 493 g/mol. The van der Waals surface area contributed by atoms with E-state index < -0.39 is 0 Å². The Hall–Kier alpha value is -3.40. The second-order valence-electron chi connectivity index (χ2n) is 9.84. The number of amides is 2. The molecule has 0 unspecified atom stereocenters. The summed E-state index contributed by atoms with van der Waals surface area (Å²) in [6, 6.07) is 6.37. The third kappa shape index (κ3) is 4.82. The molecule has 1 saturated heterocycles. The van der Waals surface area contributed by atoms with E-state index in [9.17, 15) is 9.59 Å². The van der Waals surface area contributed by atoms with Gasteiger partial charge in [-0.1, -0.05) is 0 Å². The Balaban J connectivity index is 1.44. The van der Waals surface area contributed by atoms with Crippen LogP contribution in [0.1, 0.15) is 38.1 Å². The molecule has 1 N–H and O–H groups in total. The van der Waals surface area contributed by atoms with Crippen molar-refractivity contribution in [1.82, 2.24) is 29.5 Å². The Morgan fingerprint density at radius 1 is 1.19 bits per heavy atom. The lowest BCUT2D eigenvalue weighted by molar-refractivity contribution is -0.119. The fourth-order valence-electron chi connectivity index (χ4n) is 5.62. The number of aromatic nitrogens is 4. The Kier molecular flexibility index (Phi) is 6.95. The van der Waals surface area contributed by atoms with E-state index in [2.05, 4.69) is 32.9 Å². The molecule has 0 spiro atoms. The molecular formula is C26H35N7O3. The molecule has 2 atom stereocenters. The molecule has 2 aliphatic heterocycles. The minimum Gasteiger partial charge on any atom is -0.452 e. The number of likely N-dealkylation sites (tertiary alicyclic amines) is 1. The summed E-state index contributed by atoms with van der Waals surface area (Å²) in [5, 5.41) is 7.40. The summed E-state index contributed by atoms with van der Waals surface area (Å²) in [5.41, 5.74) is 4.08. The van der Waals surface area contributed by atoms with E-state index in [0.29, 0.717) is 0 Å². The Labute approximate surface area is 211 Å². The molecule has 2 aliphatic rings. The summed E-state index contributed by atoms with van der Waals surface area (Å²) in [6.07, 6.45) is 6.92. The molecule has 5 rings (SSSR count). The number of ether oxygens (including phenoxy) is 1. The standard InChI is InChI=1S/C26H35N7O3/c1-18-5-6-21-22(33(18)26(35)36-3)7-8-23-25(21)29-24(10-14-31-12-4-11-27-31)32(23)16-15-30-13-9-20(17-30)28-19(2)34/h4,7-8,11-12,18,20H,5-6,9-10,13-17H2,1-3H3,(H,28,34)/t18-,20+/m0/s1. The van der Waals surface area contributed by atoms with Crippen molar-refractivity contribution in [1.29, 1.82) is 0 Å². The van der Waals surface area contributed by atoms with Gasteiger partial charge in [-0.3, -0.25) is 19.3 Å². The first-order chi connectivity index (χ1) is 17.4. The smallest absolute Gasteiger partial charge is 0.414 e. The van der Waals surface area contributed by atoms with Crippen LogP contribution in [0.2, 0.25) is 0 Å². The predicted molar refractivity (Wildman–Crippen MR) is 137 cm³/mol. The highest BCUT2D eigenvalue weighted by Gasteiger charge is 2.31. The van der Waals surface area contributed by atoms with Crippen molar-refractivity contribution in [3.05, 3.63) is 42.0 Å². The maximum Gasteiger partial charge on any atom is 0.414 e. The highest BCUT2D eigenvalue weighted by molar-refractivity contribution is 5.95. The molecule has 36 heavy (non-hydrogen) atoms. The molecule has 3 aromatic rings. The number of hydrogen-bond donors (Lipinski definition) is 1. The van der Waals surface area contributed by atoms with Crippen LogP contribution in [0.25, 0.3) is 11.0 Å². The second-order valence-corrected chi connectivity index (χ2v) is 9.84. The van der Waals surface area contributed by atoms with E-state index in [1.165, 1.54) is 7.11 Å². The van der Waals surface area contributed by atoms with Gasteiger partial charge >= 0.3 is 6.09 Å². The van der Waals surface area contributed by atoms with Gasteiger partial charge < -0.3 is 14.6 Å². The Morgan fingerprint density at radius 2 is 2.06 bits per heavy atom. The van der Waals surface area contributed by atoms with Crippen LogP contribution in [-0.4, -0.2) is 75.1 Å². The van der Waals surface area contributed by atoms with E-state index in [1.54, 1.807) is 18.0 Å². The number of carbonyl (C=O) groups excluding carboxylic acids is 2. The van der Waals surface area contributed by atoms with Crippen LogP contribution in [0.4, 0.5) is 10.5 Å². The summed E-state index contributed by atoms with van der Waals surface area (Å²) >= 11 is 0. The van der Waals surface area contributed by atoms with Gasteiger partial charge in [0.1, 0.15) is 5.82 Å². The number of nitrogens with zero attached hydrogens (tertiary/aromatic N) is 6. The average Bonchev–Trinajstić information content (AvgIpc) is 3.60. The molecule has 4 heterocycles. The molecular weight excluding hydrogens is 458 g/mol. The lowest BCUT2D eigenvalue weighted by atomic mass is 9.96. The molecule has 1 aromatic carbocycles. The third-order valence-corrected chi connectivity index (χ3v) is 7.41. The summed E-state index contributed by atoms with van der Waals surface area (Å²) < 4.78 is 9.34. The van der Waals surface area contributed by atoms with Gasteiger partial charge in [-0.05, 0) is 44.4 Å². The van der Waals surface area contributed by atoms with Crippen molar-refractivity contribution in [2.45, 2.75) is 64.7 Å².